The molecule has 1 saturated heterocycles. The van der Waals surface area contributed by atoms with Gasteiger partial charge in [0.2, 0.25) is 0 Å². The third kappa shape index (κ3) is 4.11. The number of carbonyl (C=O) groups is 3. The molecule has 0 aromatic heterocycles. The fraction of sp³-hybridized carbons (Fsp3) is 0.227. The average molecular weight is 378 g/mol. The first-order valence-corrected chi connectivity index (χ1v) is 9.04. The third-order valence-electron chi connectivity index (χ3n) is 4.61. The van der Waals surface area contributed by atoms with Gasteiger partial charge in [-0.25, -0.2) is 9.59 Å². The van der Waals surface area contributed by atoms with E-state index in [2.05, 4.69) is 0 Å². The highest BCUT2D eigenvalue weighted by Gasteiger charge is 2.41. The predicted octanol–water partition coefficient (Wildman–Crippen LogP) is 3.14. The normalized spacial score (nSPS) is 15.8. The number of amides is 3. The summed E-state index contributed by atoms with van der Waals surface area (Å²) in [6.07, 6.45) is 0.581. The molecule has 6 nitrogen and oxygen atoms in total. The number of urea groups is 1. The first-order chi connectivity index (χ1) is 13.5. The Morgan fingerprint density at radius 3 is 2.11 bits per heavy atom. The smallest absolute Gasteiger partial charge is 0.336 e. The Morgan fingerprint density at radius 2 is 1.50 bits per heavy atom. The first-order valence-electron chi connectivity index (χ1n) is 9.04. The topological polar surface area (TPSA) is 66.9 Å². The Hall–Kier alpha value is -3.41. The van der Waals surface area contributed by atoms with Crippen LogP contribution in [0.5, 0.6) is 0 Å². The van der Waals surface area contributed by atoms with E-state index in [1.165, 1.54) is 18.9 Å². The van der Waals surface area contributed by atoms with Gasteiger partial charge < -0.3 is 4.74 Å². The van der Waals surface area contributed by atoms with E-state index in [1.807, 2.05) is 60.7 Å². The summed E-state index contributed by atoms with van der Waals surface area (Å²) in [5.74, 6) is -1.09. The molecular weight excluding hydrogens is 356 g/mol. The molecule has 0 spiro atoms. The maximum absolute atomic E-state index is 12.8. The van der Waals surface area contributed by atoms with Gasteiger partial charge in [-0.2, -0.15) is 0 Å². The van der Waals surface area contributed by atoms with Crippen molar-refractivity contribution in [2.24, 2.45) is 0 Å². The first kappa shape index (κ1) is 19.4. The van der Waals surface area contributed by atoms with Gasteiger partial charge in [0, 0.05) is 13.5 Å². The molecule has 0 aliphatic carbocycles. The molecular formula is C22H22N2O4. The molecule has 3 amide bonds. The van der Waals surface area contributed by atoms with Crippen molar-refractivity contribution in [3.63, 3.8) is 0 Å². The van der Waals surface area contributed by atoms with E-state index in [4.69, 9.17) is 4.74 Å². The van der Waals surface area contributed by atoms with E-state index in [9.17, 15) is 14.4 Å². The SMILES string of the molecule is CC(C(=O)OCCc1ccccc1)=C1C(=O)N(Cc2ccccc2)C(=O)N1C. The van der Waals surface area contributed by atoms with Crippen molar-refractivity contribution in [3.05, 3.63) is 83.1 Å². The number of benzene rings is 2. The number of rotatable bonds is 6. The van der Waals surface area contributed by atoms with Crippen molar-refractivity contribution < 1.29 is 19.1 Å². The molecule has 0 bridgehead atoms. The molecule has 144 valence electrons. The van der Waals surface area contributed by atoms with Gasteiger partial charge in [0.15, 0.2) is 0 Å². The van der Waals surface area contributed by atoms with Gasteiger partial charge in [0.25, 0.3) is 5.91 Å². The quantitative estimate of drug-likeness (QED) is 0.440. The second-order valence-electron chi connectivity index (χ2n) is 6.56. The molecule has 6 heteroatoms. The molecule has 1 fully saturated rings. The fourth-order valence-electron chi connectivity index (χ4n) is 3.06. The van der Waals surface area contributed by atoms with Crippen LogP contribution in [0, 0.1) is 0 Å². The maximum atomic E-state index is 12.8. The number of nitrogens with zero attached hydrogens (tertiary/aromatic N) is 2. The summed E-state index contributed by atoms with van der Waals surface area (Å²) in [4.78, 5) is 40.0. The van der Waals surface area contributed by atoms with Crippen LogP contribution < -0.4 is 0 Å². The van der Waals surface area contributed by atoms with Gasteiger partial charge in [-0.3, -0.25) is 14.6 Å². The van der Waals surface area contributed by atoms with E-state index in [0.29, 0.717) is 6.42 Å². The van der Waals surface area contributed by atoms with Crippen LogP contribution in [-0.2, 0) is 27.3 Å². The largest absolute Gasteiger partial charge is 0.462 e. The van der Waals surface area contributed by atoms with Crippen LogP contribution in [0.15, 0.2) is 71.9 Å². The lowest BCUT2D eigenvalue weighted by Crippen LogP contribution is -2.30. The molecule has 1 aliphatic heterocycles. The van der Waals surface area contributed by atoms with Gasteiger partial charge in [-0.15, -0.1) is 0 Å². The zero-order valence-electron chi connectivity index (χ0n) is 15.9. The van der Waals surface area contributed by atoms with E-state index in [-0.39, 0.29) is 24.4 Å². The van der Waals surface area contributed by atoms with Gasteiger partial charge in [0.05, 0.1) is 18.7 Å². The molecule has 3 rings (SSSR count). The maximum Gasteiger partial charge on any atom is 0.336 e. The number of hydrogen-bond donors (Lipinski definition) is 0. The zero-order valence-corrected chi connectivity index (χ0v) is 15.9. The second-order valence-corrected chi connectivity index (χ2v) is 6.56. The summed E-state index contributed by atoms with van der Waals surface area (Å²) in [5.41, 5.74) is 2.08. The average Bonchev–Trinajstić information content (AvgIpc) is 2.92. The summed E-state index contributed by atoms with van der Waals surface area (Å²) >= 11 is 0. The Morgan fingerprint density at radius 1 is 0.929 bits per heavy atom. The summed E-state index contributed by atoms with van der Waals surface area (Å²) in [6, 6.07) is 18.4. The van der Waals surface area contributed by atoms with Crippen molar-refractivity contribution in [2.75, 3.05) is 13.7 Å². The van der Waals surface area contributed by atoms with Crippen LogP contribution >= 0.6 is 0 Å². The lowest BCUT2D eigenvalue weighted by molar-refractivity contribution is -0.139. The molecule has 0 saturated carbocycles. The summed E-state index contributed by atoms with van der Waals surface area (Å²) in [5, 5.41) is 0. The highest BCUT2D eigenvalue weighted by molar-refractivity contribution is 6.14. The van der Waals surface area contributed by atoms with E-state index >= 15 is 0 Å². The van der Waals surface area contributed by atoms with Crippen LogP contribution in [0.2, 0.25) is 0 Å². The van der Waals surface area contributed by atoms with E-state index < -0.39 is 17.9 Å². The van der Waals surface area contributed by atoms with Crippen molar-refractivity contribution in [2.45, 2.75) is 19.9 Å². The molecule has 2 aromatic carbocycles. The molecule has 1 aliphatic rings. The van der Waals surface area contributed by atoms with Crippen LogP contribution in [-0.4, -0.2) is 41.4 Å². The molecule has 1 heterocycles. The standard InChI is InChI=1S/C22H22N2O4/c1-16(21(26)28-14-13-17-9-5-3-6-10-17)19-20(25)24(22(27)23(19)2)15-18-11-7-4-8-12-18/h3-12H,13-15H2,1-2H3. The van der Waals surface area contributed by atoms with E-state index in [1.54, 1.807) is 0 Å². The van der Waals surface area contributed by atoms with Crippen molar-refractivity contribution in [1.82, 2.24) is 9.80 Å². The molecule has 0 N–H and O–H groups in total. The zero-order chi connectivity index (χ0) is 20.1. The number of esters is 1. The Kier molecular flexibility index (Phi) is 5.89. The van der Waals surface area contributed by atoms with Crippen LogP contribution in [0.1, 0.15) is 18.1 Å². The van der Waals surface area contributed by atoms with Gasteiger partial charge in [-0.05, 0) is 18.1 Å². The Labute approximate surface area is 164 Å². The molecule has 28 heavy (non-hydrogen) atoms. The monoisotopic (exact) mass is 378 g/mol. The highest BCUT2D eigenvalue weighted by Crippen LogP contribution is 2.24. The number of hydrogen-bond acceptors (Lipinski definition) is 4. The lowest BCUT2D eigenvalue weighted by atomic mass is 10.1. The molecule has 0 radical (unpaired) electrons. The Balaban J connectivity index is 1.69. The predicted molar refractivity (Wildman–Crippen MR) is 104 cm³/mol. The fourth-order valence-corrected chi connectivity index (χ4v) is 3.06. The van der Waals surface area contributed by atoms with Gasteiger partial charge in [0.1, 0.15) is 5.70 Å². The van der Waals surface area contributed by atoms with Crippen LogP contribution in [0.25, 0.3) is 0 Å². The van der Waals surface area contributed by atoms with Crippen LogP contribution in [0.4, 0.5) is 4.79 Å². The Bertz CT molecular complexity index is 907. The van der Waals surface area contributed by atoms with E-state index in [0.717, 1.165) is 16.0 Å². The molecule has 0 atom stereocenters. The number of likely N-dealkylation sites (N-methyl/N-ethyl adjacent to an activating group) is 1. The van der Waals surface area contributed by atoms with Crippen LogP contribution in [0.3, 0.4) is 0 Å². The lowest BCUT2D eigenvalue weighted by Gasteiger charge is -2.13. The minimum atomic E-state index is -0.597. The number of ether oxygens (including phenoxy) is 1. The van der Waals surface area contributed by atoms with Crippen molar-refractivity contribution >= 4 is 17.9 Å². The summed E-state index contributed by atoms with van der Waals surface area (Å²) in [7, 11) is 1.49. The highest BCUT2D eigenvalue weighted by atomic mass is 16.5. The molecule has 2 aromatic rings. The summed E-state index contributed by atoms with van der Waals surface area (Å²) < 4.78 is 5.30. The van der Waals surface area contributed by atoms with Gasteiger partial charge in [-0.1, -0.05) is 60.7 Å². The molecule has 0 unspecified atom stereocenters. The third-order valence-corrected chi connectivity index (χ3v) is 4.61. The second kappa shape index (κ2) is 8.52. The minimum Gasteiger partial charge on any atom is -0.462 e. The van der Waals surface area contributed by atoms with Crippen molar-refractivity contribution in [3.8, 4) is 0 Å². The van der Waals surface area contributed by atoms with Crippen molar-refractivity contribution in [1.29, 1.82) is 0 Å². The number of imide groups is 1. The number of carbonyl (C=O) groups excluding carboxylic acids is 3. The van der Waals surface area contributed by atoms with Gasteiger partial charge >= 0.3 is 12.0 Å². The minimum absolute atomic E-state index is 0.0608. The summed E-state index contributed by atoms with van der Waals surface area (Å²) in [6.45, 7) is 1.86.